The minimum Gasteiger partial charge on any atom is -0.389 e. The van der Waals surface area contributed by atoms with E-state index in [1.807, 2.05) is 0 Å². The Balaban J connectivity index is 1.90. The summed E-state index contributed by atoms with van der Waals surface area (Å²) in [6, 6.07) is 0. The lowest BCUT2D eigenvalue weighted by Crippen LogP contribution is -2.52. The van der Waals surface area contributed by atoms with Crippen LogP contribution in [0.3, 0.4) is 0 Å². The molecule has 1 saturated heterocycles. The molecule has 1 amide bonds. The van der Waals surface area contributed by atoms with Crippen molar-refractivity contribution in [3.63, 3.8) is 0 Å². The smallest absolute Gasteiger partial charge is 0.259 e. The van der Waals surface area contributed by atoms with Crippen LogP contribution in [-0.4, -0.2) is 69.3 Å². The Hall–Kier alpha value is -1.60. The molecule has 0 saturated carbocycles. The highest BCUT2D eigenvalue weighted by atomic mass is 16.3. The Morgan fingerprint density at radius 1 is 1.47 bits per heavy atom. The standard InChI is InChI=1S/C12H21N5O2/c1-12(2,19)8-16-3-5-17(6-4-16)11(18)9-7-14-15-10(9)13/h7,19H,3-6,8H2,1-2H3,(H3,13,14,15). The molecule has 0 aromatic carbocycles. The summed E-state index contributed by atoms with van der Waals surface area (Å²) in [5, 5.41) is 16.1. The summed E-state index contributed by atoms with van der Waals surface area (Å²) in [7, 11) is 0. The number of piperazine rings is 1. The Kier molecular flexibility index (Phi) is 3.77. The molecule has 0 aliphatic carbocycles. The Labute approximate surface area is 112 Å². The van der Waals surface area contributed by atoms with Crippen molar-refractivity contribution in [1.82, 2.24) is 20.0 Å². The van der Waals surface area contributed by atoms with Gasteiger partial charge in [0.25, 0.3) is 5.91 Å². The minimum absolute atomic E-state index is 0.0887. The molecular formula is C12H21N5O2. The Morgan fingerprint density at radius 2 is 2.11 bits per heavy atom. The van der Waals surface area contributed by atoms with Crippen LogP contribution in [0.15, 0.2) is 6.20 Å². The molecule has 0 unspecified atom stereocenters. The van der Waals surface area contributed by atoms with Crippen LogP contribution in [0.25, 0.3) is 0 Å². The Bertz CT molecular complexity index is 443. The van der Waals surface area contributed by atoms with Crippen molar-refractivity contribution >= 4 is 11.7 Å². The van der Waals surface area contributed by atoms with Crippen LogP contribution in [-0.2, 0) is 0 Å². The van der Waals surface area contributed by atoms with Gasteiger partial charge in [-0.25, -0.2) is 0 Å². The van der Waals surface area contributed by atoms with Gasteiger partial charge >= 0.3 is 0 Å². The Morgan fingerprint density at radius 3 is 2.58 bits per heavy atom. The second-order valence-electron chi connectivity index (χ2n) is 5.58. The van der Waals surface area contributed by atoms with E-state index in [4.69, 9.17) is 5.73 Å². The number of hydrogen-bond donors (Lipinski definition) is 3. The summed E-state index contributed by atoms with van der Waals surface area (Å²) in [6.45, 7) is 6.98. The summed E-state index contributed by atoms with van der Waals surface area (Å²) >= 11 is 0. The molecule has 19 heavy (non-hydrogen) atoms. The molecule has 1 aromatic heterocycles. The third-order valence-corrected chi connectivity index (χ3v) is 3.17. The molecule has 1 fully saturated rings. The first-order chi connectivity index (χ1) is 8.87. The number of anilines is 1. The molecule has 0 radical (unpaired) electrons. The average molecular weight is 267 g/mol. The molecular weight excluding hydrogens is 246 g/mol. The molecule has 0 bridgehead atoms. The lowest BCUT2D eigenvalue weighted by Gasteiger charge is -2.37. The fourth-order valence-electron chi connectivity index (χ4n) is 2.29. The molecule has 7 heteroatoms. The number of carbonyl (C=O) groups excluding carboxylic acids is 1. The summed E-state index contributed by atoms with van der Waals surface area (Å²) in [5.41, 5.74) is 5.37. The lowest BCUT2D eigenvalue weighted by atomic mass is 10.1. The van der Waals surface area contributed by atoms with E-state index in [0.29, 0.717) is 31.0 Å². The average Bonchev–Trinajstić information content (AvgIpc) is 2.73. The van der Waals surface area contributed by atoms with Crippen LogP contribution in [0.2, 0.25) is 0 Å². The van der Waals surface area contributed by atoms with Gasteiger partial charge in [0.05, 0.1) is 11.8 Å². The molecule has 2 heterocycles. The molecule has 0 spiro atoms. The number of aliphatic hydroxyl groups is 1. The molecule has 106 valence electrons. The fraction of sp³-hybridized carbons (Fsp3) is 0.667. The number of β-amino-alcohol motifs (C(OH)–C–C–N with tert-alkyl or cyclic N) is 1. The number of nitrogens with one attached hydrogen (secondary N) is 1. The van der Waals surface area contributed by atoms with Gasteiger partial charge in [0.1, 0.15) is 11.4 Å². The van der Waals surface area contributed by atoms with Crippen molar-refractivity contribution in [2.45, 2.75) is 19.4 Å². The molecule has 1 aromatic rings. The first-order valence-corrected chi connectivity index (χ1v) is 6.40. The van der Waals surface area contributed by atoms with Gasteiger partial charge in [0, 0.05) is 32.7 Å². The van der Waals surface area contributed by atoms with Crippen molar-refractivity contribution in [1.29, 1.82) is 0 Å². The number of nitrogens with zero attached hydrogens (tertiary/aromatic N) is 3. The van der Waals surface area contributed by atoms with E-state index in [0.717, 1.165) is 13.1 Å². The zero-order valence-corrected chi connectivity index (χ0v) is 11.4. The van der Waals surface area contributed by atoms with E-state index >= 15 is 0 Å². The highest BCUT2D eigenvalue weighted by Crippen LogP contribution is 2.14. The number of hydrogen-bond acceptors (Lipinski definition) is 5. The van der Waals surface area contributed by atoms with Gasteiger partial charge in [-0.2, -0.15) is 5.10 Å². The quantitative estimate of drug-likeness (QED) is 0.687. The van der Waals surface area contributed by atoms with E-state index in [9.17, 15) is 9.90 Å². The number of nitrogens with two attached hydrogens (primary N) is 1. The number of rotatable bonds is 3. The van der Waals surface area contributed by atoms with Gasteiger partial charge < -0.3 is 15.7 Å². The number of carbonyl (C=O) groups is 1. The van der Waals surface area contributed by atoms with E-state index in [1.54, 1.807) is 18.7 Å². The van der Waals surface area contributed by atoms with Crippen molar-refractivity contribution in [2.75, 3.05) is 38.5 Å². The largest absolute Gasteiger partial charge is 0.389 e. The maximum atomic E-state index is 12.2. The molecule has 1 aliphatic rings. The highest BCUT2D eigenvalue weighted by molar-refractivity contribution is 5.98. The molecule has 7 nitrogen and oxygen atoms in total. The predicted octanol–water partition coefficient (Wildman–Crippen LogP) is -0.479. The van der Waals surface area contributed by atoms with Crippen LogP contribution >= 0.6 is 0 Å². The van der Waals surface area contributed by atoms with Crippen molar-refractivity contribution in [2.24, 2.45) is 0 Å². The summed E-state index contributed by atoms with van der Waals surface area (Å²) in [4.78, 5) is 16.1. The second-order valence-corrected chi connectivity index (χ2v) is 5.58. The van der Waals surface area contributed by atoms with E-state index < -0.39 is 5.60 Å². The van der Waals surface area contributed by atoms with E-state index in [-0.39, 0.29) is 5.91 Å². The van der Waals surface area contributed by atoms with Crippen molar-refractivity contribution in [3.05, 3.63) is 11.8 Å². The fourth-order valence-corrected chi connectivity index (χ4v) is 2.29. The van der Waals surface area contributed by atoms with E-state index in [2.05, 4.69) is 15.1 Å². The maximum Gasteiger partial charge on any atom is 0.259 e. The van der Waals surface area contributed by atoms with Crippen molar-refractivity contribution in [3.8, 4) is 0 Å². The summed E-state index contributed by atoms with van der Waals surface area (Å²) < 4.78 is 0. The van der Waals surface area contributed by atoms with Crippen LogP contribution in [0.4, 0.5) is 5.82 Å². The van der Waals surface area contributed by atoms with Crippen LogP contribution in [0, 0.1) is 0 Å². The van der Waals surface area contributed by atoms with Crippen LogP contribution in [0.1, 0.15) is 24.2 Å². The van der Waals surface area contributed by atoms with Gasteiger partial charge in [0.15, 0.2) is 0 Å². The predicted molar refractivity (Wildman–Crippen MR) is 71.6 cm³/mol. The molecule has 0 atom stereocenters. The number of aromatic nitrogens is 2. The van der Waals surface area contributed by atoms with Gasteiger partial charge in [-0.3, -0.25) is 14.8 Å². The topological polar surface area (TPSA) is 98.5 Å². The van der Waals surface area contributed by atoms with Gasteiger partial charge in [-0.1, -0.05) is 0 Å². The normalized spacial score (nSPS) is 17.7. The van der Waals surface area contributed by atoms with Crippen LogP contribution in [0.5, 0.6) is 0 Å². The summed E-state index contributed by atoms with van der Waals surface area (Å²) in [5.74, 6) is 0.220. The zero-order valence-electron chi connectivity index (χ0n) is 11.4. The summed E-state index contributed by atoms with van der Waals surface area (Å²) in [6.07, 6.45) is 1.46. The first-order valence-electron chi connectivity index (χ1n) is 6.40. The van der Waals surface area contributed by atoms with E-state index in [1.165, 1.54) is 6.20 Å². The number of H-pyrrole nitrogens is 1. The number of nitrogen functional groups attached to an aromatic ring is 1. The van der Waals surface area contributed by atoms with Crippen LogP contribution < -0.4 is 5.73 Å². The first kappa shape index (κ1) is 13.8. The van der Waals surface area contributed by atoms with Gasteiger partial charge in [-0.05, 0) is 13.8 Å². The minimum atomic E-state index is -0.707. The third-order valence-electron chi connectivity index (χ3n) is 3.17. The number of aromatic amines is 1. The van der Waals surface area contributed by atoms with Crippen molar-refractivity contribution < 1.29 is 9.90 Å². The maximum absolute atomic E-state index is 12.2. The molecule has 4 N–H and O–H groups in total. The monoisotopic (exact) mass is 267 g/mol. The molecule has 2 rings (SSSR count). The highest BCUT2D eigenvalue weighted by Gasteiger charge is 2.26. The second kappa shape index (κ2) is 5.18. The number of amides is 1. The zero-order chi connectivity index (χ0) is 14.0. The van der Waals surface area contributed by atoms with Gasteiger partial charge in [-0.15, -0.1) is 0 Å². The molecule has 1 aliphatic heterocycles. The lowest BCUT2D eigenvalue weighted by molar-refractivity contribution is 0.0179. The SMILES string of the molecule is CC(C)(O)CN1CCN(C(=O)c2cn[nH]c2N)CC1. The van der Waals surface area contributed by atoms with Gasteiger partial charge in [0.2, 0.25) is 0 Å². The third kappa shape index (κ3) is 3.45.